The first-order valence-corrected chi connectivity index (χ1v) is 5.28. The van der Waals surface area contributed by atoms with Crippen molar-refractivity contribution < 1.29 is 9.90 Å². The fourth-order valence-electron chi connectivity index (χ4n) is 1.54. The van der Waals surface area contributed by atoms with Gasteiger partial charge in [0, 0.05) is 11.9 Å². The lowest BCUT2D eigenvalue weighted by Crippen LogP contribution is -2.04. The number of fused-ring (bicyclic) bond motifs is 1. The largest absolute Gasteiger partial charge is 0.477 e. The van der Waals surface area contributed by atoms with Crippen LogP contribution in [0.4, 0.5) is 0 Å². The SMILES string of the molecule is CCCCn1ncc2ccc(C(=O)O)nc21. The van der Waals surface area contributed by atoms with Gasteiger partial charge in [-0.15, -0.1) is 0 Å². The third-order valence-corrected chi connectivity index (χ3v) is 2.43. The van der Waals surface area contributed by atoms with E-state index < -0.39 is 5.97 Å². The topological polar surface area (TPSA) is 68.0 Å². The fraction of sp³-hybridized carbons (Fsp3) is 0.364. The van der Waals surface area contributed by atoms with E-state index in [2.05, 4.69) is 17.0 Å². The van der Waals surface area contributed by atoms with Gasteiger partial charge in [0.05, 0.1) is 6.20 Å². The summed E-state index contributed by atoms with van der Waals surface area (Å²) in [6, 6.07) is 3.23. The zero-order valence-electron chi connectivity index (χ0n) is 9.05. The Bertz CT molecular complexity index is 519. The van der Waals surface area contributed by atoms with E-state index in [1.807, 2.05) is 0 Å². The van der Waals surface area contributed by atoms with Gasteiger partial charge in [0.25, 0.3) is 0 Å². The smallest absolute Gasteiger partial charge is 0.354 e. The molecule has 0 aliphatic carbocycles. The van der Waals surface area contributed by atoms with Crippen molar-refractivity contribution in [3.05, 3.63) is 24.0 Å². The van der Waals surface area contributed by atoms with Crippen LogP contribution >= 0.6 is 0 Å². The van der Waals surface area contributed by atoms with E-state index >= 15 is 0 Å². The lowest BCUT2D eigenvalue weighted by molar-refractivity contribution is 0.0691. The Morgan fingerprint density at radius 2 is 2.31 bits per heavy atom. The number of aromatic nitrogens is 3. The third kappa shape index (κ3) is 1.88. The van der Waals surface area contributed by atoms with Gasteiger partial charge in [-0.1, -0.05) is 13.3 Å². The Hall–Kier alpha value is -1.91. The minimum absolute atomic E-state index is 0.0609. The van der Waals surface area contributed by atoms with Crippen molar-refractivity contribution in [2.45, 2.75) is 26.3 Å². The van der Waals surface area contributed by atoms with Gasteiger partial charge >= 0.3 is 5.97 Å². The van der Waals surface area contributed by atoms with E-state index in [4.69, 9.17) is 5.11 Å². The summed E-state index contributed by atoms with van der Waals surface area (Å²) in [6.07, 6.45) is 3.79. The predicted octanol–water partition coefficient (Wildman–Crippen LogP) is 1.93. The molecule has 0 amide bonds. The Morgan fingerprint density at radius 1 is 1.50 bits per heavy atom. The summed E-state index contributed by atoms with van der Waals surface area (Å²) in [7, 11) is 0. The minimum atomic E-state index is -1.01. The number of hydrogen-bond acceptors (Lipinski definition) is 3. The average Bonchev–Trinajstić information content (AvgIpc) is 2.68. The Kier molecular flexibility index (Phi) is 2.85. The molecule has 2 heterocycles. The van der Waals surface area contributed by atoms with Gasteiger partial charge in [0.2, 0.25) is 0 Å². The molecule has 0 saturated heterocycles. The summed E-state index contributed by atoms with van der Waals surface area (Å²) in [4.78, 5) is 14.9. The van der Waals surface area contributed by atoms with Crippen molar-refractivity contribution in [3.63, 3.8) is 0 Å². The highest BCUT2D eigenvalue weighted by molar-refractivity contribution is 5.88. The van der Waals surface area contributed by atoms with Crippen LogP contribution in [0.3, 0.4) is 0 Å². The summed E-state index contributed by atoms with van der Waals surface area (Å²) in [5.74, 6) is -1.01. The molecule has 5 nitrogen and oxygen atoms in total. The van der Waals surface area contributed by atoms with Crippen LogP contribution in [0.2, 0.25) is 0 Å². The molecule has 0 aliphatic rings. The molecule has 0 atom stereocenters. The van der Waals surface area contributed by atoms with Crippen molar-refractivity contribution in [1.82, 2.24) is 14.8 Å². The van der Waals surface area contributed by atoms with Gasteiger partial charge in [0.1, 0.15) is 0 Å². The van der Waals surface area contributed by atoms with E-state index in [1.54, 1.807) is 16.9 Å². The molecule has 5 heteroatoms. The van der Waals surface area contributed by atoms with Crippen LogP contribution in [-0.4, -0.2) is 25.8 Å². The van der Waals surface area contributed by atoms with E-state index in [0.29, 0.717) is 5.65 Å². The zero-order chi connectivity index (χ0) is 11.5. The second kappa shape index (κ2) is 4.30. The van der Waals surface area contributed by atoms with Crippen molar-refractivity contribution in [1.29, 1.82) is 0 Å². The lowest BCUT2D eigenvalue weighted by atomic mass is 10.3. The first-order chi connectivity index (χ1) is 7.72. The molecule has 2 aromatic rings. The van der Waals surface area contributed by atoms with Gasteiger partial charge in [-0.25, -0.2) is 14.5 Å². The van der Waals surface area contributed by atoms with E-state index in [-0.39, 0.29) is 5.69 Å². The highest BCUT2D eigenvalue weighted by atomic mass is 16.4. The van der Waals surface area contributed by atoms with E-state index in [9.17, 15) is 4.79 Å². The van der Waals surface area contributed by atoms with Crippen LogP contribution in [0.1, 0.15) is 30.3 Å². The molecule has 1 N–H and O–H groups in total. The molecule has 0 spiro atoms. The van der Waals surface area contributed by atoms with E-state index in [0.717, 1.165) is 24.8 Å². The number of nitrogens with zero attached hydrogens (tertiary/aromatic N) is 3. The lowest BCUT2D eigenvalue weighted by Gasteiger charge is -2.01. The van der Waals surface area contributed by atoms with Crippen molar-refractivity contribution >= 4 is 17.0 Å². The van der Waals surface area contributed by atoms with E-state index in [1.165, 1.54) is 6.07 Å². The second-order valence-corrected chi connectivity index (χ2v) is 3.64. The summed E-state index contributed by atoms with van der Waals surface area (Å²) in [5, 5.41) is 13.9. The van der Waals surface area contributed by atoms with Crippen LogP contribution in [-0.2, 0) is 6.54 Å². The maximum absolute atomic E-state index is 10.8. The molecule has 2 aromatic heterocycles. The Labute approximate surface area is 92.7 Å². The highest BCUT2D eigenvalue weighted by Gasteiger charge is 2.09. The molecule has 84 valence electrons. The maximum Gasteiger partial charge on any atom is 0.354 e. The van der Waals surface area contributed by atoms with Crippen LogP contribution in [0.5, 0.6) is 0 Å². The third-order valence-electron chi connectivity index (χ3n) is 2.43. The van der Waals surface area contributed by atoms with Crippen molar-refractivity contribution in [2.75, 3.05) is 0 Å². The number of aryl methyl sites for hydroxylation is 1. The van der Waals surface area contributed by atoms with Gasteiger partial charge in [-0.05, 0) is 18.6 Å². The number of unbranched alkanes of at least 4 members (excludes halogenated alkanes) is 1. The molecule has 2 rings (SSSR count). The Morgan fingerprint density at radius 3 is 3.00 bits per heavy atom. The molecular formula is C11H13N3O2. The van der Waals surface area contributed by atoms with Crippen LogP contribution in [0, 0.1) is 0 Å². The molecule has 0 aliphatic heterocycles. The predicted molar refractivity (Wildman–Crippen MR) is 59.4 cm³/mol. The summed E-state index contributed by atoms with van der Waals surface area (Å²) >= 11 is 0. The zero-order valence-corrected chi connectivity index (χ0v) is 9.05. The monoisotopic (exact) mass is 219 g/mol. The normalized spacial score (nSPS) is 10.8. The average molecular weight is 219 g/mol. The molecule has 0 unspecified atom stereocenters. The summed E-state index contributed by atoms with van der Waals surface area (Å²) in [6.45, 7) is 2.87. The van der Waals surface area contributed by atoms with Gasteiger partial charge in [-0.3, -0.25) is 0 Å². The molecular weight excluding hydrogens is 206 g/mol. The van der Waals surface area contributed by atoms with Gasteiger partial charge < -0.3 is 5.11 Å². The number of carboxylic acids is 1. The van der Waals surface area contributed by atoms with Crippen LogP contribution in [0.15, 0.2) is 18.3 Å². The minimum Gasteiger partial charge on any atom is -0.477 e. The molecule has 0 radical (unpaired) electrons. The van der Waals surface area contributed by atoms with Gasteiger partial charge in [-0.2, -0.15) is 5.10 Å². The highest BCUT2D eigenvalue weighted by Crippen LogP contribution is 2.12. The second-order valence-electron chi connectivity index (χ2n) is 3.64. The standard InChI is InChI=1S/C11H13N3O2/c1-2-3-6-14-10-8(7-12-14)4-5-9(13-10)11(15)16/h4-5,7H,2-3,6H2,1H3,(H,15,16). The Balaban J connectivity index is 2.43. The number of hydrogen-bond donors (Lipinski definition) is 1. The molecule has 0 bridgehead atoms. The number of pyridine rings is 1. The fourth-order valence-corrected chi connectivity index (χ4v) is 1.54. The number of carbonyl (C=O) groups is 1. The molecule has 0 aromatic carbocycles. The van der Waals surface area contributed by atoms with Crippen LogP contribution in [0.25, 0.3) is 11.0 Å². The van der Waals surface area contributed by atoms with Crippen molar-refractivity contribution in [2.24, 2.45) is 0 Å². The van der Waals surface area contributed by atoms with Gasteiger partial charge in [0.15, 0.2) is 11.3 Å². The first kappa shape index (κ1) is 10.6. The summed E-state index contributed by atoms with van der Waals surface area (Å²) < 4.78 is 1.76. The number of aromatic carboxylic acids is 1. The van der Waals surface area contributed by atoms with Crippen molar-refractivity contribution in [3.8, 4) is 0 Å². The molecule has 0 fully saturated rings. The molecule has 0 saturated carbocycles. The number of carboxylic acid groups (broad SMARTS) is 1. The molecule has 16 heavy (non-hydrogen) atoms. The maximum atomic E-state index is 10.8. The number of rotatable bonds is 4. The quantitative estimate of drug-likeness (QED) is 0.853. The first-order valence-electron chi connectivity index (χ1n) is 5.28. The van der Waals surface area contributed by atoms with Crippen LogP contribution < -0.4 is 0 Å². The summed E-state index contributed by atoms with van der Waals surface area (Å²) in [5.41, 5.74) is 0.707.